The number of nitrogens with two attached hydrogens (primary N) is 1. The number of ether oxygens (including phenoxy) is 1. The highest BCUT2D eigenvalue weighted by Gasteiger charge is 2.39. The van der Waals surface area contributed by atoms with Gasteiger partial charge in [-0.15, -0.1) is 0 Å². The second-order valence-corrected chi connectivity index (χ2v) is 9.59. The second kappa shape index (κ2) is 9.47. The summed E-state index contributed by atoms with van der Waals surface area (Å²) < 4.78 is 28.5. The van der Waals surface area contributed by atoms with E-state index in [2.05, 4.69) is 5.32 Å². The summed E-state index contributed by atoms with van der Waals surface area (Å²) in [4.78, 5) is 26.8. The van der Waals surface area contributed by atoms with Gasteiger partial charge in [-0.05, 0) is 42.0 Å². The fourth-order valence-electron chi connectivity index (χ4n) is 3.29. The second-order valence-electron chi connectivity index (χ2n) is 7.45. The first kappa shape index (κ1) is 23.4. The van der Waals surface area contributed by atoms with Crippen LogP contribution in [0.15, 0.2) is 48.5 Å². The fourth-order valence-corrected chi connectivity index (χ4v) is 4.08. The lowest BCUT2D eigenvalue weighted by Gasteiger charge is -2.34. The van der Waals surface area contributed by atoms with Crippen molar-refractivity contribution in [3.63, 3.8) is 0 Å². The van der Waals surface area contributed by atoms with E-state index in [-0.39, 0.29) is 24.7 Å². The average molecular weight is 461 g/mol. The van der Waals surface area contributed by atoms with E-state index < -0.39 is 33.9 Å². The number of hydrogen-bond acceptors (Lipinski definition) is 7. The van der Waals surface area contributed by atoms with Crippen LogP contribution in [-0.4, -0.2) is 62.8 Å². The van der Waals surface area contributed by atoms with Crippen molar-refractivity contribution < 1.29 is 27.9 Å². The molecule has 32 heavy (non-hydrogen) atoms. The minimum atomic E-state index is -3.25. The van der Waals surface area contributed by atoms with Gasteiger partial charge in [0.15, 0.2) is 22.0 Å². The number of anilines is 2. The zero-order chi connectivity index (χ0) is 23.5. The molecular formula is C21H24N4O6S. The molecule has 0 spiro atoms. The van der Waals surface area contributed by atoms with Gasteiger partial charge < -0.3 is 25.8 Å². The predicted octanol–water partition coefficient (Wildman–Crippen LogP) is 0.247. The van der Waals surface area contributed by atoms with Crippen molar-refractivity contribution in [2.45, 2.75) is 18.0 Å². The number of morpholine rings is 1. The normalized spacial score (nSPS) is 17.6. The number of rotatable bonds is 7. The van der Waals surface area contributed by atoms with E-state index in [9.17, 15) is 23.1 Å². The minimum Gasteiger partial charge on any atom is -0.384 e. The Hall–Kier alpha value is -3.28. The molecule has 1 saturated heterocycles. The summed E-state index contributed by atoms with van der Waals surface area (Å²) in [5.41, 5.74) is 7.20. The Bertz CT molecular complexity index is 1130. The SMILES string of the molecule is CS(=O)(=O)Cc1cccc(N2CCO[C@H]([C@@H](O)C(=O)Nc3ccc(C(=N)N)cc3)C2=O)c1. The van der Waals surface area contributed by atoms with Crippen LogP contribution in [0.1, 0.15) is 11.1 Å². The number of nitrogens with one attached hydrogen (secondary N) is 2. The summed E-state index contributed by atoms with van der Waals surface area (Å²) in [6.45, 7) is 0.281. The van der Waals surface area contributed by atoms with Gasteiger partial charge >= 0.3 is 0 Å². The lowest BCUT2D eigenvalue weighted by Crippen LogP contribution is -2.55. The predicted molar refractivity (Wildman–Crippen MR) is 119 cm³/mol. The highest BCUT2D eigenvalue weighted by Crippen LogP contribution is 2.23. The smallest absolute Gasteiger partial charge is 0.259 e. The number of hydrogen-bond donors (Lipinski definition) is 4. The molecule has 1 aliphatic rings. The van der Waals surface area contributed by atoms with Crippen molar-refractivity contribution in [3.05, 3.63) is 59.7 Å². The van der Waals surface area contributed by atoms with Crippen LogP contribution in [0.2, 0.25) is 0 Å². The number of amidine groups is 1. The number of nitrogen functional groups attached to an aromatic ring is 1. The number of carbonyl (C=O) groups excluding carboxylic acids is 2. The summed E-state index contributed by atoms with van der Waals surface area (Å²) in [5, 5.41) is 20.3. The molecule has 0 bridgehead atoms. The maximum atomic E-state index is 12.9. The molecule has 2 atom stereocenters. The van der Waals surface area contributed by atoms with E-state index in [1.807, 2.05) is 0 Å². The van der Waals surface area contributed by atoms with Crippen molar-refractivity contribution >= 4 is 38.9 Å². The Morgan fingerprint density at radius 2 is 2.00 bits per heavy atom. The van der Waals surface area contributed by atoms with Gasteiger partial charge in [-0.25, -0.2) is 8.42 Å². The van der Waals surface area contributed by atoms with Crippen LogP contribution < -0.4 is 16.0 Å². The molecule has 0 saturated carbocycles. The van der Waals surface area contributed by atoms with Gasteiger partial charge in [0.25, 0.3) is 11.8 Å². The number of benzene rings is 2. The number of aliphatic hydroxyl groups excluding tert-OH is 1. The quantitative estimate of drug-likeness (QED) is 0.340. The van der Waals surface area contributed by atoms with E-state index >= 15 is 0 Å². The zero-order valence-electron chi connectivity index (χ0n) is 17.3. The first-order chi connectivity index (χ1) is 15.0. The van der Waals surface area contributed by atoms with Gasteiger partial charge in [-0.3, -0.25) is 15.0 Å². The Morgan fingerprint density at radius 1 is 1.31 bits per heavy atom. The van der Waals surface area contributed by atoms with Gasteiger partial charge in [0.2, 0.25) is 0 Å². The molecule has 0 radical (unpaired) electrons. The maximum Gasteiger partial charge on any atom is 0.259 e. The molecule has 10 nitrogen and oxygen atoms in total. The standard InChI is InChI=1S/C21H24N4O6S/c1-32(29,30)12-13-3-2-4-16(11-13)25-9-10-31-18(21(25)28)17(26)20(27)24-15-7-5-14(6-8-15)19(22)23/h2-8,11,17-18,26H,9-10,12H2,1H3,(H3,22,23)(H,24,27)/t17-,18-/m1/s1. The van der Waals surface area contributed by atoms with Crippen LogP contribution in [0.3, 0.4) is 0 Å². The molecule has 170 valence electrons. The summed E-state index contributed by atoms with van der Waals surface area (Å²) in [5.74, 6) is -1.73. The van der Waals surface area contributed by atoms with E-state index in [4.69, 9.17) is 15.9 Å². The summed E-state index contributed by atoms with van der Waals surface area (Å²) in [6.07, 6.45) is -2.06. The Balaban J connectivity index is 1.72. The van der Waals surface area contributed by atoms with E-state index in [0.717, 1.165) is 6.26 Å². The van der Waals surface area contributed by atoms with E-state index in [1.165, 1.54) is 29.2 Å². The molecule has 0 aromatic heterocycles. The van der Waals surface area contributed by atoms with Gasteiger partial charge in [-0.1, -0.05) is 12.1 Å². The zero-order valence-corrected chi connectivity index (χ0v) is 18.1. The number of nitrogens with zero attached hydrogens (tertiary/aromatic N) is 1. The highest BCUT2D eigenvalue weighted by atomic mass is 32.2. The molecule has 11 heteroatoms. The van der Waals surface area contributed by atoms with Gasteiger partial charge in [-0.2, -0.15) is 0 Å². The van der Waals surface area contributed by atoms with Gasteiger partial charge in [0.1, 0.15) is 5.84 Å². The van der Waals surface area contributed by atoms with Gasteiger partial charge in [0.05, 0.1) is 12.4 Å². The molecule has 1 aliphatic heterocycles. The molecule has 0 unspecified atom stereocenters. The largest absolute Gasteiger partial charge is 0.384 e. The number of amides is 2. The Kier molecular flexibility index (Phi) is 6.92. The number of carbonyl (C=O) groups is 2. The molecule has 2 aromatic rings. The van der Waals surface area contributed by atoms with E-state index in [0.29, 0.717) is 22.5 Å². The first-order valence-corrected chi connectivity index (χ1v) is 11.7. The third-order valence-corrected chi connectivity index (χ3v) is 5.65. The lowest BCUT2D eigenvalue weighted by atomic mass is 10.1. The molecular weight excluding hydrogens is 436 g/mol. The van der Waals surface area contributed by atoms with Crippen LogP contribution in [0.4, 0.5) is 11.4 Å². The van der Waals surface area contributed by atoms with Crippen LogP contribution in [-0.2, 0) is 29.9 Å². The summed E-state index contributed by atoms with van der Waals surface area (Å²) in [7, 11) is -3.25. The molecule has 5 N–H and O–H groups in total. The Morgan fingerprint density at radius 3 is 2.62 bits per heavy atom. The van der Waals surface area contributed by atoms with Crippen molar-refractivity contribution in [1.82, 2.24) is 0 Å². The monoisotopic (exact) mass is 460 g/mol. The van der Waals surface area contributed by atoms with Crippen LogP contribution in [0.25, 0.3) is 0 Å². The summed E-state index contributed by atoms with van der Waals surface area (Å²) in [6, 6.07) is 12.6. The van der Waals surface area contributed by atoms with E-state index in [1.54, 1.807) is 24.3 Å². The molecule has 3 rings (SSSR count). The van der Waals surface area contributed by atoms with Crippen molar-refractivity contribution in [1.29, 1.82) is 5.41 Å². The highest BCUT2D eigenvalue weighted by molar-refractivity contribution is 7.89. The third-order valence-electron chi connectivity index (χ3n) is 4.79. The van der Waals surface area contributed by atoms with Crippen molar-refractivity contribution in [2.24, 2.45) is 5.73 Å². The minimum absolute atomic E-state index is 0.0877. The lowest BCUT2D eigenvalue weighted by molar-refractivity contribution is -0.150. The number of sulfone groups is 1. The van der Waals surface area contributed by atoms with Crippen LogP contribution >= 0.6 is 0 Å². The van der Waals surface area contributed by atoms with Crippen LogP contribution in [0, 0.1) is 5.41 Å². The summed E-state index contributed by atoms with van der Waals surface area (Å²) >= 11 is 0. The van der Waals surface area contributed by atoms with Crippen molar-refractivity contribution in [2.75, 3.05) is 29.6 Å². The van der Waals surface area contributed by atoms with Crippen molar-refractivity contribution in [3.8, 4) is 0 Å². The molecule has 1 fully saturated rings. The average Bonchev–Trinajstić information content (AvgIpc) is 2.72. The maximum absolute atomic E-state index is 12.9. The third kappa shape index (κ3) is 5.69. The molecule has 1 heterocycles. The van der Waals surface area contributed by atoms with Gasteiger partial charge in [0, 0.05) is 29.7 Å². The number of aliphatic hydroxyl groups is 1. The first-order valence-electron chi connectivity index (χ1n) is 9.68. The molecule has 0 aliphatic carbocycles. The van der Waals surface area contributed by atoms with Crippen LogP contribution in [0.5, 0.6) is 0 Å². The Labute approximate surface area is 185 Å². The topological polar surface area (TPSA) is 163 Å². The molecule has 2 amide bonds. The molecule has 2 aromatic carbocycles. The fraction of sp³-hybridized carbons (Fsp3) is 0.286.